The van der Waals surface area contributed by atoms with Gasteiger partial charge in [0, 0.05) is 19.1 Å². The Kier molecular flexibility index (Phi) is 3.69. The fourth-order valence-corrected chi connectivity index (χ4v) is 2.28. The standard InChI is InChI=1S/C11H17ClN4O/c1-7(13)8-3-4-16(6-8)10-9(12)5-14-11(15-10)17-2/h5,7-8H,3-4,6,13H2,1-2H3. The molecule has 17 heavy (non-hydrogen) atoms. The number of ether oxygens (including phenoxy) is 1. The number of hydrogen-bond acceptors (Lipinski definition) is 5. The zero-order valence-electron chi connectivity index (χ0n) is 10.1. The van der Waals surface area contributed by atoms with E-state index < -0.39 is 0 Å². The molecule has 1 aromatic heterocycles. The van der Waals surface area contributed by atoms with Gasteiger partial charge in [-0.3, -0.25) is 0 Å². The van der Waals surface area contributed by atoms with Crippen molar-refractivity contribution in [2.24, 2.45) is 11.7 Å². The lowest BCUT2D eigenvalue weighted by atomic mass is 10.0. The Morgan fingerprint density at radius 3 is 3.00 bits per heavy atom. The second-order valence-corrected chi connectivity index (χ2v) is 4.79. The van der Waals surface area contributed by atoms with E-state index in [-0.39, 0.29) is 6.04 Å². The molecule has 0 aromatic carbocycles. The predicted molar refractivity (Wildman–Crippen MR) is 67.6 cm³/mol. The summed E-state index contributed by atoms with van der Waals surface area (Å²) in [5.74, 6) is 1.23. The highest BCUT2D eigenvalue weighted by Gasteiger charge is 2.27. The highest BCUT2D eigenvalue weighted by molar-refractivity contribution is 6.32. The molecule has 0 bridgehead atoms. The summed E-state index contributed by atoms with van der Waals surface area (Å²) in [4.78, 5) is 10.4. The Balaban J connectivity index is 2.18. The lowest BCUT2D eigenvalue weighted by Crippen LogP contribution is -2.30. The summed E-state index contributed by atoms with van der Waals surface area (Å²) in [6, 6.07) is 0.538. The number of aromatic nitrogens is 2. The van der Waals surface area contributed by atoms with Crippen LogP contribution in [0.1, 0.15) is 13.3 Å². The van der Waals surface area contributed by atoms with Crippen LogP contribution in [0.25, 0.3) is 0 Å². The number of nitrogens with two attached hydrogens (primary N) is 1. The number of halogens is 1. The summed E-state index contributed by atoms with van der Waals surface area (Å²) in [5, 5.41) is 0.552. The number of nitrogens with zero attached hydrogens (tertiary/aromatic N) is 3. The largest absolute Gasteiger partial charge is 0.467 e. The third kappa shape index (κ3) is 2.61. The molecule has 1 aliphatic heterocycles. The van der Waals surface area contributed by atoms with Crippen LogP contribution in [0.4, 0.5) is 5.82 Å². The molecule has 1 saturated heterocycles. The smallest absolute Gasteiger partial charge is 0.318 e. The average Bonchev–Trinajstić information content (AvgIpc) is 2.79. The molecule has 94 valence electrons. The van der Waals surface area contributed by atoms with Gasteiger partial charge in [-0.05, 0) is 19.3 Å². The van der Waals surface area contributed by atoms with Gasteiger partial charge in [-0.2, -0.15) is 4.98 Å². The van der Waals surface area contributed by atoms with E-state index in [1.54, 1.807) is 13.3 Å². The van der Waals surface area contributed by atoms with Crippen LogP contribution in [0.15, 0.2) is 6.20 Å². The fraction of sp³-hybridized carbons (Fsp3) is 0.636. The second-order valence-electron chi connectivity index (χ2n) is 4.38. The van der Waals surface area contributed by atoms with Gasteiger partial charge in [-0.25, -0.2) is 4.98 Å². The number of anilines is 1. The Labute approximate surface area is 106 Å². The maximum absolute atomic E-state index is 6.11. The van der Waals surface area contributed by atoms with Crippen molar-refractivity contribution in [3.63, 3.8) is 0 Å². The van der Waals surface area contributed by atoms with E-state index in [2.05, 4.69) is 14.9 Å². The molecule has 6 heteroatoms. The van der Waals surface area contributed by atoms with Crippen molar-refractivity contribution >= 4 is 17.4 Å². The van der Waals surface area contributed by atoms with Gasteiger partial charge >= 0.3 is 6.01 Å². The molecule has 0 aliphatic carbocycles. The molecule has 1 fully saturated rings. The van der Waals surface area contributed by atoms with Crippen LogP contribution in [0, 0.1) is 5.92 Å². The highest BCUT2D eigenvalue weighted by Crippen LogP contribution is 2.29. The third-order valence-corrected chi connectivity index (χ3v) is 3.42. The Bertz CT molecular complexity index is 399. The molecule has 2 atom stereocenters. The molecule has 2 unspecified atom stereocenters. The van der Waals surface area contributed by atoms with Gasteiger partial charge in [-0.1, -0.05) is 11.6 Å². The van der Waals surface area contributed by atoms with Gasteiger partial charge in [0.25, 0.3) is 0 Å². The maximum Gasteiger partial charge on any atom is 0.318 e. The van der Waals surface area contributed by atoms with Crippen LogP contribution >= 0.6 is 11.6 Å². The van der Waals surface area contributed by atoms with Crippen LogP contribution in [-0.2, 0) is 0 Å². The Morgan fingerprint density at radius 1 is 1.65 bits per heavy atom. The highest BCUT2D eigenvalue weighted by atomic mass is 35.5. The predicted octanol–water partition coefficient (Wildman–Crippen LogP) is 1.31. The van der Waals surface area contributed by atoms with Crippen molar-refractivity contribution in [1.82, 2.24) is 9.97 Å². The molecule has 1 aromatic rings. The molecule has 0 spiro atoms. The van der Waals surface area contributed by atoms with E-state index in [0.29, 0.717) is 17.0 Å². The average molecular weight is 257 g/mol. The first-order valence-corrected chi connectivity index (χ1v) is 6.06. The number of rotatable bonds is 3. The maximum atomic E-state index is 6.11. The van der Waals surface area contributed by atoms with E-state index in [4.69, 9.17) is 22.1 Å². The van der Waals surface area contributed by atoms with Crippen LogP contribution in [0.2, 0.25) is 5.02 Å². The van der Waals surface area contributed by atoms with Gasteiger partial charge in [0.2, 0.25) is 0 Å². The summed E-state index contributed by atoms with van der Waals surface area (Å²) in [7, 11) is 1.54. The van der Waals surface area contributed by atoms with Crippen molar-refractivity contribution in [3.05, 3.63) is 11.2 Å². The molecule has 2 N–H and O–H groups in total. The van der Waals surface area contributed by atoms with Crippen LogP contribution < -0.4 is 15.4 Å². The minimum Gasteiger partial charge on any atom is -0.467 e. The quantitative estimate of drug-likeness (QED) is 0.884. The summed E-state index contributed by atoms with van der Waals surface area (Å²) >= 11 is 6.11. The zero-order valence-corrected chi connectivity index (χ0v) is 10.8. The third-order valence-electron chi connectivity index (χ3n) is 3.15. The molecule has 0 amide bonds. The van der Waals surface area contributed by atoms with Crippen LogP contribution in [-0.4, -0.2) is 36.2 Å². The summed E-state index contributed by atoms with van der Waals surface area (Å²) in [5.41, 5.74) is 5.92. The van der Waals surface area contributed by atoms with E-state index in [0.717, 1.165) is 25.3 Å². The summed E-state index contributed by atoms with van der Waals surface area (Å²) in [6.07, 6.45) is 2.64. The molecule has 2 heterocycles. The number of hydrogen-bond donors (Lipinski definition) is 1. The first kappa shape index (κ1) is 12.4. The van der Waals surface area contributed by atoms with Gasteiger partial charge in [0.1, 0.15) is 5.02 Å². The summed E-state index contributed by atoms with van der Waals surface area (Å²) in [6.45, 7) is 3.85. The van der Waals surface area contributed by atoms with Gasteiger partial charge < -0.3 is 15.4 Å². The van der Waals surface area contributed by atoms with E-state index in [9.17, 15) is 0 Å². The summed E-state index contributed by atoms with van der Waals surface area (Å²) < 4.78 is 5.01. The minimum absolute atomic E-state index is 0.197. The number of methoxy groups -OCH3 is 1. The van der Waals surface area contributed by atoms with Crippen molar-refractivity contribution in [1.29, 1.82) is 0 Å². The molecule has 2 rings (SSSR count). The van der Waals surface area contributed by atoms with E-state index >= 15 is 0 Å². The first-order chi connectivity index (χ1) is 8.11. The second kappa shape index (κ2) is 5.06. The van der Waals surface area contributed by atoms with Crippen molar-refractivity contribution in [2.45, 2.75) is 19.4 Å². The van der Waals surface area contributed by atoms with Gasteiger partial charge in [0.15, 0.2) is 5.82 Å². The Morgan fingerprint density at radius 2 is 2.41 bits per heavy atom. The molecular weight excluding hydrogens is 240 g/mol. The molecule has 1 aliphatic rings. The molecule has 5 nitrogen and oxygen atoms in total. The molecule has 0 saturated carbocycles. The molecule has 0 radical (unpaired) electrons. The van der Waals surface area contributed by atoms with Crippen molar-refractivity contribution < 1.29 is 4.74 Å². The monoisotopic (exact) mass is 256 g/mol. The van der Waals surface area contributed by atoms with Gasteiger partial charge in [0.05, 0.1) is 13.3 Å². The van der Waals surface area contributed by atoms with Crippen molar-refractivity contribution in [3.8, 4) is 6.01 Å². The van der Waals surface area contributed by atoms with E-state index in [1.807, 2.05) is 6.92 Å². The Hall–Kier alpha value is -1.07. The minimum atomic E-state index is 0.197. The normalized spacial score (nSPS) is 21.6. The van der Waals surface area contributed by atoms with Crippen LogP contribution in [0.5, 0.6) is 6.01 Å². The topological polar surface area (TPSA) is 64.3 Å². The van der Waals surface area contributed by atoms with Gasteiger partial charge in [-0.15, -0.1) is 0 Å². The zero-order chi connectivity index (χ0) is 12.4. The molecular formula is C11H17ClN4O. The SMILES string of the molecule is COc1ncc(Cl)c(N2CCC(C(C)N)C2)n1. The van der Waals surface area contributed by atoms with E-state index in [1.165, 1.54) is 0 Å². The lowest BCUT2D eigenvalue weighted by molar-refractivity contribution is 0.380. The fourth-order valence-electron chi connectivity index (χ4n) is 2.07. The van der Waals surface area contributed by atoms with Crippen LogP contribution in [0.3, 0.4) is 0 Å². The first-order valence-electron chi connectivity index (χ1n) is 5.69. The van der Waals surface area contributed by atoms with Crippen molar-refractivity contribution in [2.75, 3.05) is 25.1 Å². The lowest BCUT2D eigenvalue weighted by Gasteiger charge is -2.20.